The average molecular weight is 203 g/mol. The molecule has 0 aliphatic rings. The van der Waals surface area contributed by atoms with Gasteiger partial charge in [-0.1, -0.05) is 12.1 Å². The van der Waals surface area contributed by atoms with Gasteiger partial charge in [0.15, 0.2) is 0 Å². The molecule has 0 aliphatic heterocycles. The highest BCUT2D eigenvalue weighted by molar-refractivity contribution is 5.78. The first-order valence-corrected chi connectivity index (χ1v) is 4.74. The predicted molar refractivity (Wildman–Crippen MR) is 61.3 cm³/mol. The van der Waals surface area contributed by atoms with E-state index < -0.39 is 0 Å². The normalized spacial score (nSPS) is 10.6. The zero-order valence-corrected chi connectivity index (χ0v) is 9.06. The lowest BCUT2D eigenvalue weighted by Crippen LogP contribution is -2.26. The molecule has 0 saturated heterocycles. The maximum atomic E-state index is 11.9. The molecule has 15 heavy (non-hydrogen) atoms. The minimum absolute atomic E-state index is 0.00991. The fourth-order valence-corrected chi connectivity index (χ4v) is 1.61. The molecular formula is C11H13N3O. The van der Waals surface area contributed by atoms with Crippen LogP contribution >= 0.6 is 0 Å². The van der Waals surface area contributed by atoms with Gasteiger partial charge in [0, 0.05) is 21.1 Å². The summed E-state index contributed by atoms with van der Waals surface area (Å²) in [5.74, 6) is 0.665. The Hall–Kier alpha value is -1.84. The van der Waals surface area contributed by atoms with E-state index in [1.165, 1.54) is 0 Å². The zero-order chi connectivity index (χ0) is 11.0. The van der Waals surface area contributed by atoms with Crippen molar-refractivity contribution in [3.8, 4) is 0 Å². The molecule has 0 spiro atoms. The van der Waals surface area contributed by atoms with E-state index in [2.05, 4.69) is 4.98 Å². The van der Waals surface area contributed by atoms with Crippen molar-refractivity contribution >= 4 is 16.9 Å². The molecule has 0 amide bonds. The van der Waals surface area contributed by atoms with Crippen molar-refractivity contribution in [1.82, 2.24) is 9.55 Å². The molecule has 4 nitrogen and oxygen atoms in total. The molecule has 0 bridgehead atoms. The molecule has 0 N–H and O–H groups in total. The molecule has 78 valence electrons. The number of hydrogen-bond acceptors (Lipinski definition) is 3. The van der Waals surface area contributed by atoms with Gasteiger partial charge in [-0.3, -0.25) is 9.36 Å². The van der Waals surface area contributed by atoms with Gasteiger partial charge in [0.2, 0.25) is 5.95 Å². The number of hydrogen-bond donors (Lipinski definition) is 0. The lowest BCUT2D eigenvalue weighted by molar-refractivity contribution is 0.810. The number of fused-ring (bicyclic) bond motifs is 1. The lowest BCUT2D eigenvalue weighted by Gasteiger charge is -2.15. The van der Waals surface area contributed by atoms with Gasteiger partial charge in [0.05, 0.1) is 10.9 Å². The van der Waals surface area contributed by atoms with E-state index in [9.17, 15) is 4.79 Å². The molecule has 1 aromatic heterocycles. The SMILES string of the molecule is CN(C)c1nc2ccccc2c(=O)n1C. The van der Waals surface area contributed by atoms with Gasteiger partial charge in [-0.15, -0.1) is 0 Å². The Morgan fingerprint density at radius 2 is 1.93 bits per heavy atom. The average Bonchev–Trinajstić information content (AvgIpc) is 2.23. The van der Waals surface area contributed by atoms with Crippen molar-refractivity contribution in [1.29, 1.82) is 0 Å². The maximum absolute atomic E-state index is 11.9. The van der Waals surface area contributed by atoms with E-state index in [-0.39, 0.29) is 5.56 Å². The van der Waals surface area contributed by atoms with Gasteiger partial charge in [-0.05, 0) is 12.1 Å². The summed E-state index contributed by atoms with van der Waals surface area (Å²) in [4.78, 5) is 18.2. The molecule has 2 rings (SSSR count). The van der Waals surface area contributed by atoms with Crippen LogP contribution in [0, 0.1) is 0 Å². The topological polar surface area (TPSA) is 38.1 Å². The highest BCUT2D eigenvalue weighted by Gasteiger charge is 2.08. The van der Waals surface area contributed by atoms with E-state index in [4.69, 9.17) is 0 Å². The van der Waals surface area contributed by atoms with Gasteiger partial charge >= 0.3 is 0 Å². The number of nitrogens with zero attached hydrogens (tertiary/aromatic N) is 3. The first-order chi connectivity index (χ1) is 7.11. The van der Waals surface area contributed by atoms with Crippen LogP contribution in [-0.2, 0) is 7.05 Å². The quantitative estimate of drug-likeness (QED) is 0.694. The third kappa shape index (κ3) is 1.48. The Balaban J connectivity index is 2.89. The Labute approximate surface area is 87.8 Å². The van der Waals surface area contributed by atoms with Crippen LogP contribution in [0.25, 0.3) is 10.9 Å². The van der Waals surface area contributed by atoms with Crippen molar-refractivity contribution in [3.63, 3.8) is 0 Å². The summed E-state index contributed by atoms with van der Waals surface area (Å²) < 4.78 is 1.56. The van der Waals surface area contributed by atoms with E-state index in [1.54, 1.807) is 17.7 Å². The fraction of sp³-hybridized carbons (Fsp3) is 0.273. The van der Waals surface area contributed by atoms with Gasteiger partial charge in [0.25, 0.3) is 5.56 Å². The standard InChI is InChI=1S/C11H13N3O/c1-13(2)11-12-9-7-5-4-6-8(9)10(15)14(11)3/h4-7H,1-3H3. The molecular weight excluding hydrogens is 190 g/mol. The van der Waals surface area contributed by atoms with Gasteiger partial charge in [-0.2, -0.15) is 0 Å². The fourth-order valence-electron chi connectivity index (χ4n) is 1.61. The first kappa shape index (κ1) is 9.71. The lowest BCUT2D eigenvalue weighted by atomic mass is 10.2. The largest absolute Gasteiger partial charge is 0.348 e. The van der Waals surface area contributed by atoms with Crippen molar-refractivity contribution in [3.05, 3.63) is 34.6 Å². The number of anilines is 1. The molecule has 2 aromatic rings. The number of benzene rings is 1. The van der Waals surface area contributed by atoms with Crippen molar-refractivity contribution in [2.75, 3.05) is 19.0 Å². The van der Waals surface area contributed by atoms with Crippen LogP contribution in [0.15, 0.2) is 29.1 Å². The summed E-state index contributed by atoms with van der Waals surface area (Å²) in [6, 6.07) is 7.38. The van der Waals surface area contributed by atoms with Gasteiger partial charge < -0.3 is 4.90 Å². The van der Waals surface area contributed by atoms with E-state index in [1.807, 2.05) is 37.2 Å². The van der Waals surface area contributed by atoms with Gasteiger partial charge in [0.1, 0.15) is 0 Å². The summed E-state index contributed by atoms with van der Waals surface area (Å²) in [5.41, 5.74) is 0.730. The van der Waals surface area contributed by atoms with Crippen molar-refractivity contribution in [2.45, 2.75) is 0 Å². The highest BCUT2D eigenvalue weighted by Crippen LogP contribution is 2.11. The molecule has 0 atom stereocenters. The van der Waals surface area contributed by atoms with Crippen molar-refractivity contribution < 1.29 is 0 Å². The third-order valence-electron chi connectivity index (χ3n) is 2.36. The minimum Gasteiger partial charge on any atom is -0.348 e. The molecule has 0 aliphatic carbocycles. The van der Waals surface area contributed by atoms with Crippen LogP contribution in [-0.4, -0.2) is 23.6 Å². The summed E-state index contributed by atoms with van der Waals surface area (Å²) in [6.45, 7) is 0. The second-order valence-electron chi connectivity index (χ2n) is 3.69. The third-order valence-corrected chi connectivity index (χ3v) is 2.36. The second-order valence-corrected chi connectivity index (χ2v) is 3.69. The molecule has 0 radical (unpaired) electrons. The Morgan fingerprint density at radius 3 is 2.60 bits per heavy atom. The molecule has 0 fully saturated rings. The van der Waals surface area contributed by atoms with Crippen LogP contribution in [0.2, 0.25) is 0 Å². The number of para-hydroxylation sites is 1. The number of rotatable bonds is 1. The second kappa shape index (κ2) is 3.38. The number of aromatic nitrogens is 2. The van der Waals surface area contributed by atoms with Crippen LogP contribution in [0.5, 0.6) is 0 Å². The van der Waals surface area contributed by atoms with E-state index in [0.29, 0.717) is 11.3 Å². The van der Waals surface area contributed by atoms with Gasteiger partial charge in [-0.25, -0.2) is 4.98 Å². The van der Waals surface area contributed by atoms with Crippen LogP contribution in [0.1, 0.15) is 0 Å². The molecule has 4 heteroatoms. The monoisotopic (exact) mass is 203 g/mol. The van der Waals surface area contributed by atoms with Crippen LogP contribution < -0.4 is 10.5 Å². The maximum Gasteiger partial charge on any atom is 0.262 e. The summed E-state index contributed by atoms with van der Waals surface area (Å²) >= 11 is 0. The minimum atomic E-state index is -0.00991. The van der Waals surface area contributed by atoms with E-state index >= 15 is 0 Å². The molecule has 1 aromatic carbocycles. The first-order valence-electron chi connectivity index (χ1n) is 4.74. The summed E-state index contributed by atoms with van der Waals surface area (Å²) in [6.07, 6.45) is 0. The molecule has 0 unspecified atom stereocenters. The Kier molecular flexibility index (Phi) is 2.19. The Morgan fingerprint density at radius 1 is 1.27 bits per heavy atom. The van der Waals surface area contributed by atoms with Crippen molar-refractivity contribution in [2.24, 2.45) is 7.05 Å². The summed E-state index contributed by atoms with van der Waals surface area (Å²) in [7, 11) is 5.48. The molecule has 1 heterocycles. The smallest absolute Gasteiger partial charge is 0.262 e. The summed E-state index contributed by atoms with van der Waals surface area (Å²) in [5, 5.41) is 0.658. The van der Waals surface area contributed by atoms with Crippen LogP contribution in [0.4, 0.5) is 5.95 Å². The highest BCUT2D eigenvalue weighted by atomic mass is 16.1. The molecule has 0 saturated carbocycles. The Bertz CT molecular complexity index is 557. The zero-order valence-electron chi connectivity index (χ0n) is 9.06. The van der Waals surface area contributed by atoms with E-state index in [0.717, 1.165) is 5.52 Å². The predicted octanol–water partition coefficient (Wildman–Crippen LogP) is 0.999. The van der Waals surface area contributed by atoms with Crippen LogP contribution in [0.3, 0.4) is 0 Å².